The molecule has 1 aliphatic rings. The zero-order valence-corrected chi connectivity index (χ0v) is 12.1. The standard InChI is InChI=1S/C11H21N5O2S/c1-13-11(14-6-7-15-19(2,17)18)16-10-5-3-4-9(10)8-12/h9-10,15H,3-7H2,1-2H3,(H2,13,14,16). The quantitative estimate of drug-likeness (QED) is 0.355. The van der Waals surface area contributed by atoms with E-state index in [0.29, 0.717) is 19.0 Å². The van der Waals surface area contributed by atoms with E-state index in [1.807, 2.05) is 0 Å². The molecule has 7 nitrogen and oxygen atoms in total. The van der Waals surface area contributed by atoms with Gasteiger partial charge < -0.3 is 10.6 Å². The Morgan fingerprint density at radius 2 is 2.16 bits per heavy atom. The average molecular weight is 287 g/mol. The molecule has 0 heterocycles. The molecule has 0 amide bonds. The van der Waals surface area contributed by atoms with Crippen LogP contribution in [-0.2, 0) is 10.0 Å². The molecular weight excluding hydrogens is 266 g/mol. The highest BCUT2D eigenvalue weighted by molar-refractivity contribution is 7.88. The molecule has 0 radical (unpaired) electrons. The van der Waals surface area contributed by atoms with Crippen LogP contribution in [0.4, 0.5) is 0 Å². The molecule has 1 rings (SSSR count). The summed E-state index contributed by atoms with van der Waals surface area (Å²) < 4.78 is 24.2. The first-order valence-corrected chi connectivity index (χ1v) is 8.17. The Hall–Kier alpha value is -1.33. The maximum Gasteiger partial charge on any atom is 0.208 e. The van der Waals surface area contributed by atoms with Crippen LogP contribution in [0.25, 0.3) is 0 Å². The summed E-state index contributed by atoms with van der Waals surface area (Å²) in [7, 11) is -1.51. The molecule has 1 aliphatic carbocycles. The van der Waals surface area contributed by atoms with Gasteiger partial charge in [0.2, 0.25) is 10.0 Å². The molecule has 1 fully saturated rings. The number of rotatable bonds is 5. The van der Waals surface area contributed by atoms with Crippen molar-refractivity contribution in [2.24, 2.45) is 10.9 Å². The van der Waals surface area contributed by atoms with Crippen LogP contribution in [0, 0.1) is 17.2 Å². The Labute approximate surface area is 114 Å². The SMILES string of the molecule is CN=C(NCCNS(C)(=O)=O)NC1CCCC1C#N. The first-order valence-electron chi connectivity index (χ1n) is 6.27. The molecule has 0 spiro atoms. The van der Waals surface area contributed by atoms with Gasteiger partial charge in [0.25, 0.3) is 0 Å². The molecule has 8 heteroatoms. The summed E-state index contributed by atoms with van der Waals surface area (Å²) in [6, 6.07) is 2.42. The smallest absolute Gasteiger partial charge is 0.208 e. The van der Waals surface area contributed by atoms with Gasteiger partial charge in [-0.05, 0) is 19.3 Å². The van der Waals surface area contributed by atoms with Gasteiger partial charge >= 0.3 is 0 Å². The fourth-order valence-electron chi connectivity index (χ4n) is 2.07. The van der Waals surface area contributed by atoms with Gasteiger partial charge in [-0.15, -0.1) is 0 Å². The van der Waals surface area contributed by atoms with E-state index in [-0.39, 0.29) is 12.0 Å². The summed E-state index contributed by atoms with van der Waals surface area (Å²) in [5.41, 5.74) is 0. The number of aliphatic imine (C=N–C) groups is 1. The van der Waals surface area contributed by atoms with Crippen molar-refractivity contribution in [2.75, 3.05) is 26.4 Å². The molecule has 2 atom stereocenters. The first-order chi connectivity index (χ1) is 8.96. The van der Waals surface area contributed by atoms with Crippen molar-refractivity contribution in [1.29, 1.82) is 5.26 Å². The van der Waals surface area contributed by atoms with Crippen molar-refractivity contribution in [3.05, 3.63) is 0 Å². The van der Waals surface area contributed by atoms with Crippen LogP contribution in [0.15, 0.2) is 4.99 Å². The number of sulfonamides is 1. The van der Waals surface area contributed by atoms with E-state index in [4.69, 9.17) is 5.26 Å². The molecule has 0 bridgehead atoms. The molecule has 2 unspecified atom stereocenters. The molecular formula is C11H21N5O2S. The van der Waals surface area contributed by atoms with Crippen LogP contribution < -0.4 is 15.4 Å². The lowest BCUT2D eigenvalue weighted by Crippen LogP contribution is -2.46. The zero-order chi connectivity index (χ0) is 14.3. The van der Waals surface area contributed by atoms with Gasteiger partial charge in [0.1, 0.15) is 0 Å². The van der Waals surface area contributed by atoms with Crippen molar-refractivity contribution < 1.29 is 8.42 Å². The van der Waals surface area contributed by atoms with Crippen LogP contribution in [0.1, 0.15) is 19.3 Å². The van der Waals surface area contributed by atoms with E-state index in [2.05, 4.69) is 26.4 Å². The third kappa shape index (κ3) is 5.89. The Bertz CT molecular complexity index is 454. The monoisotopic (exact) mass is 287 g/mol. The topological polar surface area (TPSA) is 106 Å². The number of nitrogens with one attached hydrogen (secondary N) is 3. The van der Waals surface area contributed by atoms with Crippen LogP contribution >= 0.6 is 0 Å². The highest BCUT2D eigenvalue weighted by Crippen LogP contribution is 2.24. The second-order valence-corrected chi connectivity index (χ2v) is 6.42. The predicted octanol–water partition coefficient (Wildman–Crippen LogP) is -0.607. The molecule has 0 aromatic rings. The molecule has 108 valence electrons. The van der Waals surface area contributed by atoms with Crippen molar-refractivity contribution in [2.45, 2.75) is 25.3 Å². The third-order valence-corrected chi connectivity index (χ3v) is 3.74. The number of hydrogen-bond donors (Lipinski definition) is 3. The van der Waals surface area contributed by atoms with E-state index < -0.39 is 10.0 Å². The van der Waals surface area contributed by atoms with Crippen molar-refractivity contribution in [3.8, 4) is 6.07 Å². The lowest BCUT2D eigenvalue weighted by atomic mass is 10.1. The summed E-state index contributed by atoms with van der Waals surface area (Å²) in [6.45, 7) is 0.739. The van der Waals surface area contributed by atoms with Crippen LogP contribution in [0.2, 0.25) is 0 Å². The summed E-state index contributed by atoms with van der Waals surface area (Å²) >= 11 is 0. The molecule has 0 aliphatic heterocycles. The Morgan fingerprint density at radius 1 is 1.42 bits per heavy atom. The van der Waals surface area contributed by atoms with Gasteiger partial charge in [-0.25, -0.2) is 13.1 Å². The maximum atomic E-state index is 10.9. The normalized spacial score (nSPS) is 23.9. The molecule has 1 saturated carbocycles. The largest absolute Gasteiger partial charge is 0.355 e. The molecule has 19 heavy (non-hydrogen) atoms. The van der Waals surface area contributed by atoms with Crippen LogP contribution in [0.3, 0.4) is 0 Å². The summed E-state index contributed by atoms with van der Waals surface area (Å²) in [5.74, 6) is 0.621. The highest BCUT2D eigenvalue weighted by Gasteiger charge is 2.27. The molecule has 0 aromatic heterocycles. The van der Waals surface area contributed by atoms with E-state index in [1.54, 1.807) is 7.05 Å². The second-order valence-electron chi connectivity index (χ2n) is 4.58. The Morgan fingerprint density at radius 3 is 2.74 bits per heavy atom. The number of nitrogens with zero attached hydrogens (tertiary/aromatic N) is 2. The summed E-state index contributed by atoms with van der Waals surface area (Å²) in [6.07, 6.45) is 4.04. The average Bonchev–Trinajstić information content (AvgIpc) is 2.78. The van der Waals surface area contributed by atoms with Crippen molar-refractivity contribution in [3.63, 3.8) is 0 Å². The van der Waals surface area contributed by atoms with Gasteiger partial charge in [0.15, 0.2) is 5.96 Å². The predicted molar refractivity (Wildman–Crippen MR) is 74.1 cm³/mol. The van der Waals surface area contributed by atoms with Crippen LogP contribution in [0.5, 0.6) is 0 Å². The van der Waals surface area contributed by atoms with Crippen molar-refractivity contribution in [1.82, 2.24) is 15.4 Å². The lowest BCUT2D eigenvalue weighted by Gasteiger charge is -2.19. The number of nitriles is 1. The minimum Gasteiger partial charge on any atom is -0.355 e. The highest BCUT2D eigenvalue weighted by atomic mass is 32.2. The van der Waals surface area contributed by atoms with E-state index >= 15 is 0 Å². The number of guanidine groups is 1. The van der Waals surface area contributed by atoms with E-state index in [1.165, 1.54) is 0 Å². The van der Waals surface area contributed by atoms with Crippen molar-refractivity contribution >= 4 is 16.0 Å². The van der Waals surface area contributed by atoms with Gasteiger partial charge in [0, 0.05) is 26.2 Å². The minimum absolute atomic E-state index is 0.0210. The third-order valence-electron chi connectivity index (χ3n) is 3.01. The lowest BCUT2D eigenvalue weighted by molar-refractivity contribution is 0.532. The second kappa shape index (κ2) is 7.31. The first kappa shape index (κ1) is 15.7. The maximum absolute atomic E-state index is 10.9. The zero-order valence-electron chi connectivity index (χ0n) is 11.3. The van der Waals surface area contributed by atoms with Crippen LogP contribution in [-0.4, -0.2) is 46.8 Å². The Kier molecular flexibility index (Phi) is 6.05. The van der Waals surface area contributed by atoms with Gasteiger partial charge in [-0.2, -0.15) is 5.26 Å². The summed E-state index contributed by atoms with van der Waals surface area (Å²) in [4.78, 5) is 4.06. The minimum atomic E-state index is -3.16. The summed E-state index contributed by atoms with van der Waals surface area (Å²) in [5, 5.41) is 15.2. The fourth-order valence-corrected chi connectivity index (χ4v) is 2.55. The fraction of sp³-hybridized carbons (Fsp3) is 0.818. The van der Waals surface area contributed by atoms with Gasteiger partial charge in [-0.1, -0.05) is 0 Å². The molecule has 0 saturated heterocycles. The molecule has 0 aromatic carbocycles. The number of hydrogen-bond acceptors (Lipinski definition) is 4. The van der Waals surface area contributed by atoms with E-state index in [0.717, 1.165) is 25.5 Å². The van der Waals surface area contributed by atoms with E-state index in [9.17, 15) is 8.42 Å². The Balaban J connectivity index is 2.33. The van der Waals surface area contributed by atoms with Gasteiger partial charge in [-0.3, -0.25) is 4.99 Å². The van der Waals surface area contributed by atoms with Gasteiger partial charge in [0.05, 0.1) is 18.2 Å². The molecule has 3 N–H and O–H groups in total.